The first-order chi connectivity index (χ1) is 9.51. The van der Waals surface area contributed by atoms with E-state index in [-0.39, 0.29) is 12.5 Å². The Bertz CT molecular complexity index is 503. The zero-order chi connectivity index (χ0) is 16.4. The summed E-state index contributed by atoms with van der Waals surface area (Å²) in [6.45, 7) is 1.37. The summed E-state index contributed by atoms with van der Waals surface area (Å²) >= 11 is 0. The van der Waals surface area contributed by atoms with E-state index in [1.807, 2.05) is 0 Å². The first-order valence-electron chi connectivity index (χ1n) is 6.02. The van der Waals surface area contributed by atoms with Crippen LogP contribution in [0.3, 0.4) is 0 Å². The molecule has 0 radical (unpaired) electrons. The maximum Gasteiger partial charge on any atom is 0.406 e. The third-order valence-electron chi connectivity index (χ3n) is 2.47. The molecule has 8 heteroatoms. The molecule has 0 heterocycles. The Kier molecular flexibility index (Phi) is 5.25. The van der Waals surface area contributed by atoms with Crippen LogP contribution < -0.4 is 0 Å². The number of hydrogen-bond donors (Lipinski definition) is 0. The first-order valence-corrected chi connectivity index (χ1v) is 6.02. The van der Waals surface area contributed by atoms with Gasteiger partial charge in [-0.15, -0.1) is 0 Å². The highest BCUT2D eigenvalue weighted by Crippen LogP contribution is 2.21. The van der Waals surface area contributed by atoms with Crippen LogP contribution in [0.15, 0.2) is 12.1 Å². The van der Waals surface area contributed by atoms with Gasteiger partial charge in [0.25, 0.3) is 5.91 Å². The Morgan fingerprint density at radius 2 is 1.62 bits per heavy atom. The predicted molar refractivity (Wildman–Crippen MR) is 63.1 cm³/mol. The van der Waals surface area contributed by atoms with Gasteiger partial charge in [-0.2, -0.15) is 13.2 Å². The summed E-state index contributed by atoms with van der Waals surface area (Å²) in [6.07, 6.45) is -4.65. The molecular weight excluding hydrogens is 300 g/mol. The normalized spacial score (nSPS) is 11.9. The average molecular weight is 313 g/mol. The summed E-state index contributed by atoms with van der Waals surface area (Å²) < 4.78 is 76.3. The van der Waals surface area contributed by atoms with Crippen molar-refractivity contribution in [3.05, 3.63) is 35.1 Å². The van der Waals surface area contributed by atoms with E-state index in [4.69, 9.17) is 0 Å². The summed E-state index contributed by atoms with van der Waals surface area (Å²) in [5.74, 6) is -6.53. The molecule has 21 heavy (non-hydrogen) atoms. The smallest absolute Gasteiger partial charge is 0.329 e. The third-order valence-corrected chi connectivity index (χ3v) is 2.47. The van der Waals surface area contributed by atoms with Crippen LogP contribution >= 0.6 is 0 Å². The number of nitrogens with zero attached hydrogens (tertiary/aromatic N) is 1. The summed E-state index contributed by atoms with van der Waals surface area (Å²) in [6, 6.07) is 0.759. The molecule has 2 nitrogen and oxygen atoms in total. The third kappa shape index (κ3) is 4.95. The highest BCUT2D eigenvalue weighted by atomic mass is 19.4. The Balaban J connectivity index is 3.10. The van der Waals surface area contributed by atoms with Gasteiger partial charge in [0.15, 0.2) is 17.5 Å². The van der Waals surface area contributed by atoms with Crippen LogP contribution in [0.2, 0.25) is 0 Å². The van der Waals surface area contributed by atoms with Crippen molar-refractivity contribution in [3.63, 3.8) is 0 Å². The number of hydrogen-bond acceptors (Lipinski definition) is 1. The number of alkyl halides is 3. The summed E-state index contributed by atoms with van der Waals surface area (Å²) in [5, 5.41) is 0. The molecule has 1 rings (SSSR count). The minimum Gasteiger partial charge on any atom is -0.329 e. The molecule has 1 amide bonds. The van der Waals surface area contributed by atoms with Crippen LogP contribution in [0.5, 0.6) is 0 Å². The second kappa shape index (κ2) is 6.36. The van der Waals surface area contributed by atoms with Gasteiger partial charge >= 0.3 is 6.18 Å². The van der Waals surface area contributed by atoms with Gasteiger partial charge in [0.2, 0.25) is 0 Å². The average Bonchev–Trinajstić information content (AvgIpc) is 2.31. The molecule has 0 aliphatic rings. The van der Waals surface area contributed by atoms with E-state index < -0.39 is 41.6 Å². The van der Waals surface area contributed by atoms with Gasteiger partial charge in [0.1, 0.15) is 6.54 Å². The minimum absolute atomic E-state index is 0.251. The Labute approximate surface area is 117 Å². The lowest BCUT2D eigenvalue weighted by Gasteiger charge is -2.25. The van der Waals surface area contributed by atoms with E-state index in [1.165, 1.54) is 0 Å². The summed E-state index contributed by atoms with van der Waals surface area (Å²) in [5.41, 5.74) is -0.670. The molecule has 0 unspecified atom stereocenters. The zero-order valence-electron chi connectivity index (χ0n) is 11.3. The van der Waals surface area contributed by atoms with Crippen LogP contribution in [-0.4, -0.2) is 30.1 Å². The molecule has 0 bridgehead atoms. The predicted octanol–water partition coefficient (Wildman–Crippen LogP) is 3.76. The van der Waals surface area contributed by atoms with Crippen molar-refractivity contribution in [2.24, 2.45) is 5.92 Å². The van der Waals surface area contributed by atoms with Crippen molar-refractivity contribution >= 4 is 5.91 Å². The fourth-order valence-corrected chi connectivity index (χ4v) is 1.74. The molecule has 0 N–H and O–H groups in total. The lowest BCUT2D eigenvalue weighted by Crippen LogP contribution is -2.41. The van der Waals surface area contributed by atoms with E-state index in [0.29, 0.717) is 17.0 Å². The van der Waals surface area contributed by atoms with Gasteiger partial charge in [0.05, 0.1) is 0 Å². The van der Waals surface area contributed by atoms with Gasteiger partial charge in [-0.1, -0.05) is 13.8 Å². The number of carbonyl (C=O) groups excluding carboxylic acids is 1. The van der Waals surface area contributed by atoms with E-state index in [9.17, 15) is 31.1 Å². The minimum atomic E-state index is -4.65. The van der Waals surface area contributed by atoms with Crippen LogP contribution in [0.4, 0.5) is 26.3 Å². The lowest BCUT2D eigenvalue weighted by atomic mass is 10.1. The van der Waals surface area contributed by atoms with E-state index in [0.717, 1.165) is 0 Å². The SMILES string of the molecule is CC(C)CN(CC(F)(F)F)C(=O)c1cc(F)c(F)c(F)c1. The zero-order valence-corrected chi connectivity index (χ0v) is 11.3. The molecule has 118 valence electrons. The summed E-state index contributed by atoms with van der Waals surface area (Å²) in [4.78, 5) is 12.4. The maximum absolute atomic E-state index is 13.1. The molecule has 0 aliphatic heterocycles. The topological polar surface area (TPSA) is 20.3 Å². The van der Waals surface area contributed by atoms with Crippen LogP contribution in [-0.2, 0) is 0 Å². The van der Waals surface area contributed by atoms with Crippen LogP contribution in [0, 0.1) is 23.4 Å². The van der Waals surface area contributed by atoms with Crippen molar-refractivity contribution in [3.8, 4) is 0 Å². The van der Waals surface area contributed by atoms with Crippen LogP contribution in [0.25, 0.3) is 0 Å². The van der Waals surface area contributed by atoms with Crippen LogP contribution in [0.1, 0.15) is 24.2 Å². The molecule has 0 saturated heterocycles. The maximum atomic E-state index is 13.1. The standard InChI is InChI=1S/C13H13F6NO/c1-7(2)5-20(6-13(17,18)19)12(21)8-3-9(14)11(16)10(15)4-8/h3-4,7H,5-6H2,1-2H3. The molecule has 0 atom stereocenters. The van der Waals surface area contributed by atoms with Crippen molar-refractivity contribution in [1.82, 2.24) is 4.90 Å². The van der Waals surface area contributed by atoms with Gasteiger partial charge in [-0.3, -0.25) is 4.79 Å². The Morgan fingerprint density at radius 3 is 2.00 bits per heavy atom. The van der Waals surface area contributed by atoms with Gasteiger partial charge in [0, 0.05) is 12.1 Å². The van der Waals surface area contributed by atoms with Crippen molar-refractivity contribution in [2.45, 2.75) is 20.0 Å². The number of halogens is 6. The highest BCUT2D eigenvalue weighted by Gasteiger charge is 2.34. The van der Waals surface area contributed by atoms with E-state index >= 15 is 0 Å². The molecule has 0 spiro atoms. The second-order valence-corrected chi connectivity index (χ2v) is 4.95. The summed E-state index contributed by atoms with van der Waals surface area (Å²) in [7, 11) is 0. The molecule has 0 saturated carbocycles. The number of amides is 1. The molecular formula is C13H13F6NO. The quantitative estimate of drug-likeness (QED) is 0.612. The molecule has 0 aliphatic carbocycles. The highest BCUT2D eigenvalue weighted by molar-refractivity contribution is 5.94. The second-order valence-electron chi connectivity index (χ2n) is 4.95. The first kappa shape index (κ1) is 17.3. The van der Waals surface area contributed by atoms with Gasteiger partial charge in [-0.25, -0.2) is 13.2 Å². The van der Waals surface area contributed by atoms with E-state index in [1.54, 1.807) is 13.8 Å². The molecule has 0 fully saturated rings. The Hall–Kier alpha value is -1.73. The van der Waals surface area contributed by atoms with Gasteiger partial charge < -0.3 is 4.90 Å². The van der Waals surface area contributed by atoms with Crippen molar-refractivity contribution in [1.29, 1.82) is 0 Å². The molecule has 1 aromatic rings. The number of carbonyl (C=O) groups is 1. The number of rotatable bonds is 4. The fourth-order valence-electron chi connectivity index (χ4n) is 1.74. The van der Waals surface area contributed by atoms with Crippen molar-refractivity contribution in [2.75, 3.05) is 13.1 Å². The van der Waals surface area contributed by atoms with Crippen molar-refractivity contribution < 1.29 is 31.1 Å². The van der Waals surface area contributed by atoms with E-state index in [2.05, 4.69) is 0 Å². The lowest BCUT2D eigenvalue weighted by molar-refractivity contribution is -0.141. The molecule has 1 aromatic carbocycles. The molecule has 0 aromatic heterocycles. The Morgan fingerprint density at radius 1 is 1.14 bits per heavy atom. The number of benzene rings is 1. The largest absolute Gasteiger partial charge is 0.406 e. The van der Waals surface area contributed by atoms with Gasteiger partial charge in [-0.05, 0) is 18.1 Å². The fraction of sp³-hybridized carbons (Fsp3) is 0.462. The monoisotopic (exact) mass is 313 g/mol.